The second-order valence-corrected chi connectivity index (χ2v) is 4.36. The van der Waals surface area contributed by atoms with Crippen molar-refractivity contribution < 1.29 is 14.2 Å². The van der Waals surface area contributed by atoms with Crippen LogP contribution < -0.4 is 0 Å². The zero-order valence-corrected chi connectivity index (χ0v) is 8.41. The van der Waals surface area contributed by atoms with Crippen LogP contribution in [0.2, 0.25) is 0 Å². The van der Waals surface area contributed by atoms with Crippen molar-refractivity contribution in [3.63, 3.8) is 0 Å². The first-order valence-electron chi connectivity index (χ1n) is 5.48. The van der Waals surface area contributed by atoms with E-state index >= 15 is 0 Å². The smallest absolute Gasteiger partial charge is 0.170 e. The molecule has 4 nitrogen and oxygen atoms in total. The van der Waals surface area contributed by atoms with Crippen LogP contribution in [-0.4, -0.2) is 56.2 Å². The van der Waals surface area contributed by atoms with Gasteiger partial charge < -0.3 is 19.1 Å². The van der Waals surface area contributed by atoms with Gasteiger partial charge in [0.25, 0.3) is 0 Å². The van der Waals surface area contributed by atoms with Gasteiger partial charge in [0.15, 0.2) is 5.79 Å². The maximum Gasteiger partial charge on any atom is 0.170 e. The Morgan fingerprint density at radius 1 is 1.14 bits per heavy atom. The highest BCUT2D eigenvalue weighted by Crippen LogP contribution is 2.31. The molecule has 0 aliphatic carbocycles. The summed E-state index contributed by atoms with van der Waals surface area (Å²) < 4.78 is 16.6. The molecule has 80 valence electrons. The molecular weight excluding hydrogens is 182 g/mol. The Morgan fingerprint density at radius 2 is 1.79 bits per heavy atom. The van der Waals surface area contributed by atoms with Crippen molar-refractivity contribution in [3.8, 4) is 0 Å². The first-order valence-corrected chi connectivity index (χ1v) is 5.48. The van der Waals surface area contributed by atoms with Crippen LogP contribution in [0.3, 0.4) is 0 Å². The van der Waals surface area contributed by atoms with Gasteiger partial charge in [-0.3, -0.25) is 0 Å². The average molecular weight is 199 g/mol. The van der Waals surface area contributed by atoms with Crippen LogP contribution in [0.1, 0.15) is 12.8 Å². The Kier molecular flexibility index (Phi) is 2.24. The van der Waals surface area contributed by atoms with Gasteiger partial charge in [-0.15, -0.1) is 0 Å². The zero-order chi connectivity index (χ0) is 9.43. The number of epoxide rings is 1. The molecule has 4 heteroatoms. The summed E-state index contributed by atoms with van der Waals surface area (Å²) in [4.78, 5) is 2.45. The molecule has 1 spiro atoms. The number of rotatable bonds is 2. The van der Waals surface area contributed by atoms with E-state index in [0.717, 1.165) is 52.3 Å². The van der Waals surface area contributed by atoms with Gasteiger partial charge >= 0.3 is 0 Å². The van der Waals surface area contributed by atoms with Crippen molar-refractivity contribution in [2.75, 3.05) is 39.5 Å². The molecule has 0 amide bonds. The quantitative estimate of drug-likeness (QED) is 0.596. The van der Waals surface area contributed by atoms with E-state index in [1.807, 2.05) is 0 Å². The molecule has 14 heavy (non-hydrogen) atoms. The lowest BCUT2D eigenvalue weighted by molar-refractivity contribution is -0.185. The third kappa shape index (κ3) is 1.80. The normalized spacial score (nSPS) is 36.4. The number of ether oxygens (including phenoxy) is 3. The van der Waals surface area contributed by atoms with E-state index in [-0.39, 0.29) is 5.79 Å². The highest BCUT2D eigenvalue weighted by atomic mass is 16.7. The number of hydrogen-bond donors (Lipinski definition) is 0. The monoisotopic (exact) mass is 199 g/mol. The van der Waals surface area contributed by atoms with Crippen LogP contribution in [0.25, 0.3) is 0 Å². The lowest BCUT2D eigenvalue weighted by Gasteiger charge is -2.37. The Labute approximate surface area is 84.1 Å². The number of hydrogen-bond acceptors (Lipinski definition) is 4. The van der Waals surface area contributed by atoms with E-state index < -0.39 is 0 Å². The van der Waals surface area contributed by atoms with Gasteiger partial charge in [0.1, 0.15) is 0 Å². The summed E-state index contributed by atoms with van der Waals surface area (Å²) in [7, 11) is 0. The molecule has 0 bridgehead atoms. The van der Waals surface area contributed by atoms with Gasteiger partial charge in [-0.25, -0.2) is 0 Å². The summed E-state index contributed by atoms with van der Waals surface area (Å²) in [5.41, 5.74) is 0. The standard InChI is InChI=1S/C10H17NO3/c1-3-11(7-9-8-12-9)4-2-10(1)13-5-6-14-10/h9H,1-8H2. The fourth-order valence-corrected chi connectivity index (χ4v) is 2.32. The lowest BCUT2D eigenvalue weighted by Crippen LogP contribution is -2.46. The fraction of sp³-hybridized carbons (Fsp3) is 1.00. The van der Waals surface area contributed by atoms with E-state index in [1.165, 1.54) is 0 Å². The molecule has 3 heterocycles. The molecule has 0 aromatic rings. The first kappa shape index (κ1) is 9.09. The maximum absolute atomic E-state index is 5.67. The van der Waals surface area contributed by atoms with Gasteiger partial charge in [0, 0.05) is 32.5 Å². The van der Waals surface area contributed by atoms with Crippen LogP contribution in [0.15, 0.2) is 0 Å². The van der Waals surface area contributed by atoms with Crippen LogP contribution in [0, 0.1) is 0 Å². The van der Waals surface area contributed by atoms with Crippen molar-refractivity contribution in [2.45, 2.75) is 24.7 Å². The summed E-state index contributed by atoms with van der Waals surface area (Å²) in [6, 6.07) is 0. The van der Waals surface area contributed by atoms with Crippen molar-refractivity contribution in [3.05, 3.63) is 0 Å². The molecule has 0 saturated carbocycles. The molecule has 3 aliphatic rings. The zero-order valence-electron chi connectivity index (χ0n) is 8.41. The SMILES string of the molecule is C1COC2(CCN(CC3CO3)CC2)O1. The van der Waals surface area contributed by atoms with E-state index in [4.69, 9.17) is 14.2 Å². The summed E-state index contributed by atoms with van der Waals surface area (Å²) in [6.45, 7) is 5.75. The van der Waals surface area contributed by atoms with Crippen molar-refractivity contribution >= 4 is 0 Å². The predicted molar refractivity (Wildman–Crippen MR) is 50.0 cm³/mol. The average Bonchev–Trinajstić information content (AvgIpc) is 2.91. The van der Waals surface area contributed by atoms with Crippen molar-refractivity contribution in [1.82, 2.24) is 4.90 Å². The minimum Gasteiger partial charge on any atom is -0.372 e. The highest BCUT2D eigenvalue weighted by Gasteiger charge is 2.40. The first-order chi connectivity index (χ1) is 6.86. The number of likely N-dealkylation sites (tertiary alicyclic amines) is 1. The second-order valence-electron chi connectivity index (χ2n) is 4.36. The van der Waals surface area contributed by atoms with E-state index in [9.17, 15) is 0 Å². The van der Waals surface area contributed by atoms with Gasteiger partial charge in [-0.2, -0.15) is 0 Å². The van der Waals surface area contributed by atoms with E-state index in [2.05, 4.69) is 4.90 Å². The van der Waals surface area contributed by atoms with Gasteiger partial charge in [0.05, 0.1) is 25.9 Å². The Bertz CT molecular complexity index is 201. The van der Waals surface area contributed by atoms with Crippen molar-refractivity contribution in [2.24, 2.45) is 0 Å². The molecule has 3 saturated heterocycles. The van der Waals surface area contributed by atoms with Crippen LogP contribution in [0.4, 0.5) is 0 Å². The Balaban J connectivity index is 1.50. The second kappa shape index (κ2) is 3.45. The molecule has 3 fully saturated rings. The minimum atomic E-state index is -0.221. The summed E-state index contributed by atoms with van der Waals surface area (Å²) >= 11 is 0. The molecule has 1 atom stereocenters. The highest BCUT2D eigenvalue weighted by molar-refractivity contribution is 4.85. The third-order valence-corrected chi connectivity index (χ3v) is 3.30. The van der Waals surface area contributed by atoms with E-state index in [0.29, 0.717) is 6.10 Å². The van der Waals surface area contributed by atoms with Crippen LogP contribution >= 0.6 is 0 Å². The molecule has 0 N–H and O–H groups in total. The van der Waals surface area contributed by atoms with Gasteiger partial charge in [-0.05, 0) is 0 Å². The van der Waals surface area contributed by atoms with Gasteiger partial charge in [0.2, 0.25) is 0 Å². The molecule has 1 unspecified atom stereocenters. The number of nitrogens with zero attached hydrogens (tertiary/aromatic N) is 1. The summed E-state index contributed by atoms with van der Waals surface area (Å²) in [5, 5.41) is 0. The lowest BCUT2D eigenvalue weighted by atomic mass is 10.0. The third-order valence-electron chi connectivity index (χ3n) is 3.30. The molecule has 3 aliphatic heterocycles. The molecular formula is C10H17NO3. The maximum atomic E-state index is 5.67. The van der Waals surface area contributed by atoms with Crippen molar-refractivity contribution in [1.29, 1.82) is 0 Å². The topological polar surface area (TPSA) is 34.2 Å². The van der Waals surface area contributed by atoms with Crippen LogP contribution in [0.5, 0.6) is 0 Å². The number of piperidine rings is 1. The molecule has 0 aromatic heterocycles. The van der Waals surface area contributed by atoms with Gasteiger partial charge in [-0.1, -0.05) is 0 Å². The Morgan fingerprint density at radius 3 is 2.36 bits per heavy atom. The molecule has 3 rings (SSSR count). The fourth-order valence-electron chi connectivity index (χ4n) is 2.32. The molecule has 0 aromatic carbocycles. The molecule has 0 radical (unpaired) electrons. The summed E-state index contributed by atoms with van der Waals surface area (Å²) in [5.74, 6) is -0.221. The largest absolute Gasteiger partial charge is 0.372 e. The Hall–Kier alpha value is -0.160. The van der Waals surface area contributed by atoms with E-state index in [1.54, 1.807) is 0 Å². The summed E-state index contributed by atoms with van der Waals surface area (Å²) in [6.07, 6.45) is 2.54. The minimum absolute atomic E-state index is 0.221. The van der Waals surface area contributed by atoms with Crippen LogP contribution in [-0.2, 0) is 14.2 Å². The predicted octanol–water partition coefficient (Wildman–Crippen LogP) is 0.224.